The maximum Gasteiger partial charge on any atom is 0.206 e. The molecule has 96 valence electrons. The molecule has 4 rings (SSSR count). The lowest BCUT2D eigenvalue weighted by atomic mass is 10.1. The van der Waals surface area contributed by atoms with Gasteiger partial charge < -0.3 is 5.73 Å². The van der Waals surface area contributed by atoms with Gasteiger partial charge in [-0.3, -0.25) is 4.40 Å². The van der Waals surface area contributed by atoms with Crippen molar-refractivity contribution in [2.75, 3.05) is 5.73 Å². The Hall–Kier alpha value is -3.02. The fourth-order valence-corrected chi connectivity index (χ4v) is 2.47. The summed E-state index contributed by atoms with van der Waals surface area (Å²) < 4.78 is 1.84. The van der Waals surface area contributed by atoms with Crippen LogP contribution in [0.3, 0.4) is 0 Å². The van der Waals surface area contributed by atoms with E-state index in [1.165, 1.54) is 6.33 Å². The van der Waals surface area contributed by atoms with Crippen LogP contribution in [0.25, 0.3) is 27.8 Å². The molecule has 4 aromatic heterocycles. The van der Waals surface area contributed by atoms with Gasteiger partial charge in [-0.15, -0.1) is 0 Å². The number of aromatic nitrogens is 5. The SMILES string of the molecule is Nc1nccc2c(-c3ccncn3)c3cccnc3n12. The molecule has 0 atom stereocenters. The summed E-state index contributed by atoms with van der Waals surface area (Å²) in [5.41, 5.74) is 9.54. The molecule has 0 aliphatic carbocycles. The van der Waals surface area contributed by atoms with Crippen LogP contribution in [0.2, 0.25) is 0 Å². The van der Waals surface area contributed by atoms with Crippen molar-refractivity contribution in [3.8, 4) is 11.3 Å². The molecule has 0 bridgehead atoms. The highest BCUT2D eigenvalue weighted by molar-refractivity contribution is 6.03. The number of rotatable bonds is 1. The third-order valence-electron chi connectivity index (χ3n) is 3.27. The van der Waals surface area contributed by atoms with E-state index >= 15 is 0 Å². The van der Waals surface area contributed by atoms with Gasteiger partial charge in [-0.1, -0.05) is 0 Å². The van der Waals surface area contributed by atoms with E-state index in [0.29, 0.717) is 5.95 Å². The van der Waals surface area contributed by atoms with Crippen LogP contribution in [-0.2, 0) is 0 Å². The predicted octanol–water partition coefficient (Wildman–Crippen LogP) is 1.92. The van der Waals surface area contributed by atoms with E-state index in [2.05, 4.69) is 19.9 Å². The minimum absolute atomic E-state index is 0.409. The lowest BCUT2D eigenvalue weighted by molar-refractivity contribution is 1.12. The van der Waals surface area contributed by atoms with E-state index in [-0.39, 0.29) is 0 Å². The first-order valence-electron chi connectivity index (χ1n) is 6.12. The Morgan fingerprint density at radius 1 is 0.950 bits per heavy atom. The van der Waals surface area contributed by atoms with E-state index in [4.69, 9.17) is 5.73 Å². The quantitative estimate of drug-likeness (QED) is 0.566. The molecule has 0 saturated heterocycles. The summed E-state index contributed by atoms with van der Waals surface area (Å²) in [4.78, 5) is 16.8. The summed E-state index contributed by atoms with van der Waals surface area (Å²) in [6.07, 6.45) is 6.68. The molecule has 6 heteroatoms. The van der Waals surface area contributed by atoms with Crippen molar-refractivity contribution in [1.29, 1.82) is 0 Å². The average molecular weight is 262 g/mol. The van der Waals surface area contributed by atoms with Crippen molar-refractivity contribution >= 4 is 22.5 Å². The highest BCUT2D eigenvalue weighted by Gasteiger charge is 2.16. The predicted molar refractivity (Wildman–Crippen MR) is 75.9 cm³/mol. The molecule has 0 spiro atoms. The monoisotopic (exact) mass is 262 g/mol. The molecular formula is C14H10N6. The summed E-state index contributed by atoms with van der Waals surface area (Å²) in [6.45, 7) is 0. The molecule has 0 aliphatic heterocycles. The van der Waals surface area contributed by atoms with Gasteiger partial charge in [-0.25, -0.2) is 19.9 Å². The number of anilines is 1. The maximum absolute atomic E-state index is 5.99. The molecule has 6 nitrogen and oxygen atoms in total. The van der Waals surface area contributed by atoms with Crippen LogP contribution in [0.1, 0.15) is 0 Å². The molecule has 4 heterocycles. The van der Waals surface area contributed by atoms with Crippen LogP contribution in [0, 0.1) is 0 Å². The first-order valence-corrected chi connectivity index (χ1v) is 6.12. The fraction of sp³-hybridized carbons (Fsp3) is 0. The minimum Gasteiger partial charge on any atom is -0.369 e. The van der Waals surface area contributed by atoms with Gasteiger partial charge in [0, 0.05) is 29.5 Å². The number of nitrogen functional groups attached to an aromatic ring is 1. The van der Waals surface area contributed by atoms with Gasteiger partial charge in [0.1, 0.15) is 12.0 Å². The highest BCUT2D eigenvalue weighted by Crippen LogP contribution is 2.33. The van der Waals surface area contributed by atoms with E-state index in [0.717, 1.165) is 27.8 Å². The van der Waals surface area contributed by atoms with Crippen molar-refractivity contribution in [2.24, 2.45) is 0 Å². The van der Waals surface area contributed by atoms with Crippen LogP contribution < -0.4 is 5.73 Å². The highest BCUT2D eigenvalue weighted by atomic mass is 15.1. The van der Waals surface area contributed by atoms with Crippen LogP contribution in [-0.4, -0.2) is 24.3 Å². The van der Waals surface area contributed by atoms with Crippen molar-refractivity contribution in [1.82, 2.24) is 24.3 Å². The first kappa shape index (κ1) is 10.9. The zero-order valence-corrected chi connectivity index (χ0v) is 10.4. The van der Waals surface area contributed by atoms with Crippen molar-refractivity contribution < 1.29 is 0 Å². The lowest BCUT2D eigenvalue weighted by Crippen LogP contribution is -1.99. The largest absolute Gasteiger partial charge is 0.369 e. The summed E-state index contributed by atoms with van der Waals surface area (Å²) in [6, 6.07) is 7.69. The van der Waals surface area contributed by atoms with Crippen LogP contribution in [0.5, 0.6) is 0 Å². The van der Waals surface area contributed by atoms with E-state index in [1.807, 2.05) is 28.7 Å². The molecule has 2 N–H and O–H groups in total. The summed E-state index contributed by atoms with van der Waals surface area (Å²) in [7, 11) is 0. The number of pyridine rings is 1. The second kappa shape index (κ2) is 3.99. The lowest BCUT2D eigenvalue weighted by Gasteiger charge is -2.01. The van der Waals surface area contributed by atoms with Crippen molar-refractivity contribution in [3.05, 3.63) is 49.2 Å². The maximum atomic E-state index is 5.99. The van der Waals surface area contributed by atoms with Crippen molar-refractivity contribution in [2.45, 2.75) is 0 Å². The normalized spacial score (nSPS) is 11.2. The van der Waals surface area contributed by atoms with Gasteiger partial charge in [0.05, 0.1) is 11.2 Å². The molecule has 0 radical (unpaired) electrons. The number of hydrogen-bond acceptors (Lipinski definition) is 5. The Kier molecular flexibility index (Phi) is 2.17. The molecule has 0 fully saturated rings. The Morgan fingerprint density at radius 3 is 2.75 bits per heavy atom. The molecule has 0 unspecified atom stereocenters. The second-order valence-corrected chi connectivity index (χ2v) is 4.37. The third kappa shape index (κ3) is 1.38. The molecule has 0 aromatic carbocycles. The molecule has 0 saturated carbocycles. The minimum atomic E-state index is 0.409. The Bertz CT molecular complexity index is 913. The number of fused-ring (bicyclic) bond motifs is 3. The van der Waals surface area contributed by atoms with Gasteiger partial charge in [0.25, 0.3) is 0 Å². The third-order valence-corrected chi connectivity index (χ3v) is 3.27. The fourth-order valence-electron chi connectivity index (χ4n) is 2.47. The van der Waals surface area contributed by atoms with Crippen LogP contribution in [0.15, 0.2) is 49.2 Å². The topological polar surface area (TPSA) is 82.0 Å². The number of hydrogen-bond donors (Lipinski definition) is 1. The Balaban J connectivity index is 2.26. The van der Waals surface area contributed by atoms with Gasteiger partial charge in [-0.05, 0) is 24.3 Å². The summed E-state index contributed by atoms with van der Waals surface area (Å²) in [5.74, 6) is 0.409. The second-order valence-electron chi connectivity index (χ2n) is 4.37. The van der Waals surface area contributed by atoms with Gasteiger partial charge in [-0.2, -0.15) is 0 Å². The van der Waals surface area contributed by atoms with Crippen molar-refractivity contribution in [3.63, 3.8) is 0 Å². The summed E-state index contributed by atoms with van der Waals surface area (Å²) in [5, 5.41) is 0.992. The molecular weight excluding hydrogens is 252 g/mol. The first-order chi connectivity index (χ1) is 9.86. The zero-order chi connectivity index (χ0) is 13.5. The Morgan fingerprint density at radius 2 is 1.90 bits per heavy atom. The molecule has 0 aliphatic rings. The van der Waals surface area contributed by atoms with E-state index < -0.39 is 0 Å². The molecule has 20 heavy (non-hydrogen) atoms. The smallest absolute Gasteiger partial charge is 0.206 e. The summed E-state index contributed by atoms with van der Waals surface area (Å²) >= 11 is 0. The van der Waals surface area contributed by atoms with E-state index in [1.54, 1.807) is 18.6 Å². The standard InChI is InChI=1S/C14H10N6/c15-14-18-7-4-11-12(10-3-6-16-8-19-10)9-2-1-5-17-13(9)20(11)14/h1-8H,(H2,15,18). The number of nitrogens with zero attached hydrogens (tertiary/aromatic N) is 5. The average Bonchev–Trinajstić information content (AvgIpc) is 2.84. The number of nitrogens with two attached hydrogens (primary N) is 1. The van der Waals surface area contributed by atoms with Gasteiger partial charge in [0.2, 0.25) is 5.95 Å². The molecule has 0 amide bonds. The Labute approximate surface area is 114 Å². The zero-order valence-electron chi connectivity index (χ0n) is 10.4. The van der Waals surface area contributed by atoms with E-state index in [9.17, 15) is 0 Å². The molecule has 4 aromatic rings. The van der Waals surface area contributed by atoms with Gasteiger partial charge in [0.15, 0.2) is 0 Å². The van der Waals surface area contributed by atoms with Gasteiger partial charge >= 0.3 is 0 Å². The van der Waals surface area contributed by atoms with Crippen LogP contribution in [0.4, 0.5) is 5.95 Å². The van der Waals surface area contributed by atoms with Crippen LogP contribution >= 0.6 is 0 Å².